The number of ether oxygens (including phenoxy) is 1. The van der Waals surface area contributed by atoms with Crippen LogP contribution in [0.15, 0.2) is 52.9 Å². The Morgan fingerprint density at radius 3 is 2.45 bits per heavy atom. The van der Waals surface area contributed by atoms with Crippen molar-refractivity contribution in [2.75, 3.05) is 19.8 Å². The van der Waals surface area contributed by atoms with E-state index >= 15 is 0 Å². The molecule has 0 radical (unpaired) electrons. The number of carbonyl (C=O) groups is 1. The van der Waals surface area contributed by atoms with Crippen molar-refractivity contribution in [2.24, 2.45) is 0 Å². The van der Waals surface area contributed by atoms with Gasteiger partial charge in [0.05, 0.1) is 0 Å². The molecule has 0 atom stereocenters. The van der Waals surface area contributed by atoms with Gasteiger partial charge in [-0.05, 0) is 56.2 Å². The lowest BCUT2D eigenvalue weighted by Crippen LogP contribution is -2.25. The number of nitrogens with one attached hydrogen (secondary N) is 1. The number of rotatable bonds is 10. The van der Waals surface area contributed by atoms with Gasteiger partial charge in [-0.15, -0.1) is 10.2 Å². The number of hydrogen-bond donors (Lipinski definition) is 1. The zero-order valence-corrected chi connectivity index (χ0v) is 17.0. The molecule has 0 saturated heterocycles. The molecule has 29 heavy (non-hydrogen) atoms. The molecule has 1 amide bonds. The average Bonchev–Trinajstić information content (AvgIpc) is 3.23. The largest absolute Gasteiger partial charge is 0.416 e. The second-order valence-corrected chi connectivity index (χ2v) is 6.93. The Bertz CT molecular complexity index is 919. The number of aromatic nitrogens is 2. The Morgan fingerprint density at radius 2 is 1.72 bits per heavy atom. The summed E-state index contributed by atoms with van der Waals surface area (Å²) in [4.78, 5) is 12.2. The SMILES string of the molecule is CCCCOCCCNC(=O)c1ccc(-c2nnc(-c3cccc(C)c3)o2)cc1. The summed E-state index contributed by atoms with van der Waals surface area (Å²) in [7, 11) is 0. The van der Waals surface area contributed by atoms with E-state index in [0.29, 0.717) is 30.5 Å². The lowest BCUT2D eigenvalue weighted by molar-refractivity contribution is 0.0940. The standard InChI is InChI=1S/C23H27N3O3/c1-3-4-14-28-15-6-13-24-21(27)18-9-11-19(12-10-18)22-25-26-23(29-22)20-8-5-7-17(2)16-20/h5,7-12,16H,3-4,6,13-15H2,1-2H3,(H,24,27). The van der Waals surface area contributed by atoms with Crippen LogP contribution in [0.3, 0.4) is 0 Å². The van der Waals surface area contributed by atoms with Crippen molar-refractivity contribution in [1.82, 2.24) is 15.5 Å². The van der Waals surface area contributed by atoms with Gasteiger partial charge in [0.25, 0.3) is 5.91 Å². The van der Waals surface area contributed by atoms with Gasteiger partial charge >= 0.3 is 0 Å². The van der Waals surface area contributed by atoms with Crippen LogP contribution in [0, 0.1) is 6.92 Å². The minimum absolute atomic E-state index is 0.101. The summed E-state index contributed by atoms with van der Waals surface area (Å²) in [5, 5.41) is 11.2. The van der Waals surface area contributed by atoms with Crippen molar-refractivity contribution in [3.05, 3.63) is 59.7 Å². The maximum Gasteiger partial charge on any atom is 0.251 e. The molecule has 3 aromatic rings. The van der Waals surface area contributed by atoms with Crippen LogP contribution in [0.2, 0.25) is 0 Å². The first-order valence-corrected chi connectivity index (χ1v) is 10.0. The molecular weight excluding hydrogens is 366 g/mol. The van der Waals surface area contributed by atoms with E-state index in [4.69, 9.17) is 9.15 Å². The minimum Gasteiger partial charge on any atom is -0.416 e. The fourth-order valence-electron chi connectivity index (χ4n) is 2.83. The molecule has 0 bridgehead atoms. The normalized spacial score (nSPS) is 10.8. The van der Waals surface area contributed by atoms with Crippen molar-refractivity contribution in [1.29, 1.82) is 0 Å². The van der Waals surface area contributed by atoms with Gasteiger partial charge in [0, 0.05) is 36.4 Å². The Hall–Kier alpha value is -2.99. The number of nitrogens with zero attached hydrogens (tertiary/aromatic N) is 2. The summed E-state index contributed by atoms with van der Waals surface area (Å²) in [5.41, 5.74) is 3.39. The molecule has 1 N–H and O–H groups in total. The van der Waals surface area contributed by atoms with E-state index in [1.54, 1.807) is 12.1 Å². The number of amides is 1. The molecular formula is C23H27N3O3. The number of carbonyl (C=O) groups excluding carboxylic acids is 1. The predicted molar refractivity (Wildman–Crippen MR) is 113 cm³/mol. The first-order chi connectivity index (χ1) is 14.2. The van der Waals surface area contributed by atoms with Crippen LogP contribution >= 0.6 is 0 Å². The summed E-state index contributed by atoms with van der Waals surface area (Å²) in [6, 6.07) is 15.1. The smallest absolute Gasteiger partial charge is 0.251 e. The molecule has 0 unspecified atom stereocenters. The fourth-order valence-corrected chi connectivity index (χ4v) is 2.83. The molecule has 2 aromatic carbocycles. The van der Waals surface area contributed by atoms with Crippen molar-refractivity contribution in [2.45, 2.75) is 33.1 Å². The second-order valence-electron chi connectivity index (χ2n) is 6.93. The quantitative estimate of drug-likeness (QED) is 0.507. The highest BCUT2D eigenvalue weighted by atomic mass is 16.5. The van der Waals surface area contributed by atoms with E-state index < -0.39 is 0 Å². The number of hydrogen-bond acceptors (Lipinski definition) is 5. The summed E-state index contributed by atoms with van der Waals surface area (Å²) in [6.45, 7) is 6.20. The first-order valence-electron chi connectivity index (χ1n) is 10.0. The summed E-state index contributed by atoms with van der Waals surface area (Å²) in [5.74, 6) is 0.806. The monoisotopic (exact) mass is 393 g/mol. The molecule has 6 nitrogen and oxygen atoms in total. The molecule has 0 spiro atoms. The van der Waals surface area contributed by atoms with Crippen molar-refractivity contribution >= 4 is 5.91 Å². The molecule has 0 fully saturated rings. The Labute approximate surface area is 171 Å². The zero-order valence-electron chi connectivity index (χ0n) is 17.0. The number of aryl methyl sites for hydroxylation is 1. The Kier molecular flexibility index (Phi) is 7.53. The van der Waals surface area contributed by atoms with E-state index in [1.165, 1.54) is 0 Å². The Balaban J connectivity index is 1.53. The summed E-state index contributed by atoms with van der Waals surface area (Å²) < 4.78 is 11.3. The van der Waals surface area contributed by atoms with Gasteiger partial charge in [0.1, 0.15) is 0 Å². The van der Waals surface area contributed by atoms with Crippen LogP contribution in [-0.4, -0.2) is 35.9 Å². The van der Waals surface area contributed by atoms with Crippen LogP contribution in [0.5, 0.6) is 0 Å². The maximum atomic E-state index is 12.2. The van der Waals surface area contributed by atoms with Gasteiger partial charge in [-0.1, -0.05) is 31.0 Å². The maximum absolute atomic E-state index is 12.2. The van der Waals surface area contributed by atoms with E-state index in [1.807, 2.05) is 43.3 Å². The summed E-state index contributed by atoms with van der Waals surface area (Å²) in [6.07, 6.45) is 3.01. The lowest BCUT2D eigenvalue weighted by atomic mass is 10.1. The highest BCUT2D eigenvalue weighted by Crippen LogP contribution is 2.24. The summed E-state index contributed by atoms with van der Waals surface area (Å²) >= 11 is 0. The lowest BCUT2D eigenvalue weighted by Gasteiger charge is -2.06. The zero-order chi connectivity index (χ0) is 20.5. The number of benzene rings is 2. The van der Waals surface area contributed by atoms with Gasteiger partial charge < -0.3 is 14.5 Å². The van der Waals surface area contributed by atoms with Crippen molar-refractivity contribution in [3.8, 4) is 22.9 Å². The van der Waals surface area contributed by atoms with Crippen LogP contribution < -0.4 is 5.32 Å². The second kappa shape index (κ2) is 10.5. The third kappa shape index (κ3) is 5.99. The minimum atomic E-state index is -0.101. The Morgan fingerprint density at radius 1 is 1.00 bits per heavy atom. The molecule has 1 heterocycles. The first kappa shape index (κ1) is 20.7. The average molecular weight is 393 g/mol. The van der Waals surface area contributed by atoms with Crippen LogP contribution in [0.4, 0.5) is 0 Å². The fraction of sp³-hybridized carbons (Fsp3) is 0.348. The molecule has 0 aliphatic heterocycles. The highest BCUT2D eigenvalue weighted by molar-refractivity contribution is 5.94. The van der Waals surface area contributed by atoms with E-state index in [-0.39, 0.29) is 5.91 Å². The highest BCUT2D eigenvalue weighted by Gasteiger charge is 2.12. The third-order valence-corrected chi connectivity index (χ3v) is 4.48. The molecule has 0 saturated carbocycles. The molecule has 152 valence electrons. The topological polar surface area (TPSA) is 77.2 Å². The van der Waals surface area contributed by atoms with E-state index in [0.717, 1.165) is 42.6 Å². The van der Waals surface area contributed by atoms with Crippen LogP contribution in [-0.2, 0) is 4.74 Å². The van der Waals surface area contributed by atoms with Gasteiger partial charge in [0.15, 0.2) is 0 Å². The molecule has 6 heteroatoms. The van der Waals surface area contributed by atoms with Gasteiger partial charge in [-0.3, -0.25) is 4.79 Å². The van der Waals surface area contributed by atoms with Gasteiger partial charge in [-0.25, -0.2) is 0 Å². The molecule has 1 aromatic heterocycles. The number of unbranched alkanes of at least 4 members (excludes halogenated alkanes) is 1. The predicted octanol–water partition coefficient (Wildman–Crippen LogP) is 4.65. The van der Waals surface area contributed by atoms with Crippen molar-refractivity contribution < 1.29 is 13.9 Å². The van der Waals surface area contributed by atoms with E-state index in [2.05, 4.69) is 22.4 Å². The molecule has 0 aliphatic carbocycles. The van der Waals surface area contributed by atoms with Crippen LogP contribution in [0.1, 0.15) is 42.1 Å². The third-order valence-electron chi connectivity index (χ3n) is 4.48. The molecule has 0 aliphatic rings. The van der Waals surface area contributed by atoms with E-state index in [9.17, 15) is 4.79 Å². The van der Waals surface area contributed by atoms with Gasteiger partial charge in [-0.2, -0.15) is 0 Å². The van der Waals surface area contributed by atoms with Gasteiger partial charge in [0.2, 0.25) is 11.8 Å². The molecule has 3 rings (SSSR count). The van der Waals surface area contributed by atoms with Crippen molar-refractivity contribution in [3.63, 3.8) is 0 Å². The van der Waals surface area contributed by atoms with Crippen LogP contribution in [0.25, 0.3) is 22.9 Å².